The minimum atomic E-state index is -0.271. The third kappa shape index (κ3) is 2.48. The van der Waals surface area contributed by atoms with Gasteiger partial charge in [0.15, 0.2) is 0 Å². The van der Waals surface area contributed by atoms with Crippen molar-refractivity contribution >= 4 is 22.9 Å². The molecule has 0 bridgehead atoms. The summed E-state index contributed by atoms with van der Waals surface area (Å²) in [7, 11) is 0. The zero-order chi connectivity index (χ0) is 15.9. The average Bonchev–Trinajstić information content (AvgIpc) is 2.85. The lowest BCUT2D eigenvalue weighted by Gasteiger charge is -2.12. The van der Waals surface area contributed by atoms with Gasteiger partial charge >= 0.3 is 0 Å². The lowest BCUT2D eigenvalue weighted by Crippen LogP contribution is -2.18. The molecule has 0 fully saturated rings. The molecule has 3 nitrogen and oxygen atoms in total. The van der Waals surface area contributed by atoms with Gasteiger partial charge in [0.25, 0.3) is 0 Å². The minimum absolute atomic E-state index is 0.133. The Kier molecular flexibility index (Phi) is 3.66. The highest BCUT2D eigenvalue weighted by atomic mass is 32.1. The van der Waals surface area contributed by atoms with Crippen LogP contribution < -0.4 is 5.73 Å². The van der Waals surface area contributed by atoms with Crippen molar-refractivity contribution in [2.75, 3.05) is 0 Å². The first-order valence-electron chi connectivity index (χ1n) is 7.01. The van der Waals surface area contributed by atoms with Gasteiger partial charge in [0, 0.05) is 17.7 Å². The van der Waals surface area contributed by atoms with Gasteiger partial charge in [-0.05, 0) is 42.8 Å². The highest BCUT2D eigenvalue weighted by Crippen LogP contribution is 2.30. The molecule has 0 aliphatic heterocycles. The van der Waals surface area contributed by atoms with Gasteiger partial charge in [-0.1, -0.05) is 25.2 Å². The van der Waals surface area contributed by atoms with E-state index in [2.05, 4.69) is 4.98 Å². The fourth-order valence-corrected chi connectivity index (χ4v) is 2.65. The predicted molar refractivity (Wildman–Crippen MR) is 90.5 cm³/mol. The number of nitrogens with two attached hydrogens (primary N) is 1. The standard InChI is InChI=1S/C17H16FN3S/c1-10-3-8-14-20-15(12-4-6-13(18)7-5-12)16(21(14)9-10)11(2)17(19)22/h3-9,11H,1-2H3,(H2,19,22). The summed E-state index contributed by atoms with van der Waals surface area (Å²) in [5.41, 5.74) is 10.4. The van der Waals surface area contributed by atoms with Crippen LogP contribution in [0.25, 0.3) is 16.9 Å². The molecule has 1 unspecified atom stereocenters. The molecule has 1 aromatic carbocycles. The van der Waals surface area contributed by atoms with Crippen LogP contribution in [-0.2, 0) is 0 Å². The second kappa shape index (κ2) is 5.50. The summed E-state index contributed by atoms with van der Waals surface area (Å²) < 4.78 is 15.2. The Morgan fingerprint density at radius 3 is 2.55 bits per heavy atom. The van der Waals surface area contributed by atoms with Gasteiger partial charge in [-0.2, -0.15) is 0 Å². The molecule has 2 N–H and O–H groups in total. The monoisotopic (exact) mass is 313 g/mol. The Labute approximate surface area is 133 Å². The molecule has 0 saturated carbocycles. The summed E-state index contributed by atoms with van der Waals surface area (Å²) in [6, 6.07) is 10.3. The van der Waals surface area contributed by atoms with Crippen LogP contribution in [0.4, 0.5) is 4.39 Å². The average molecular weight is 313 g/mol. The van der Waals surface area contributed by atoms with Crippen molar-refractivity contribution in [3.63, 3.8) is 0 Å². The summed E-state index contributed by atoms with van der Waals surface area (Å²) in [6.45, 7) is 3.98. The zero-order valence-electron chi connectivity index (χ0n) is 12.4. The summed E-state index contributed by atoms with van der Waals surface area (Å²) in [5.74, 6) is -0.404. The second-order valence-corrected chi connectivity index (χ2v) is 5.88. The first-order chi connectivity index (χ1) is 10.5. The number of pyridine rings is 1. The van der Waals surface area contributed by atoms with E-state index in [1.165, 1.54) is 12.1 Å². The van der Waals surface area contributed by atoms with Crippen molar-refractivity contribution in [1.82, 2.24) is 9.38 Å². The van der Waals surface area contributed by atoms with Crippen LogP contribution in [0.5, 0.6) is 0 Å². The zero-order valence-corrected chi connectivity index (χ0v) is 13.2. The number of hydrogen-bond donors (Lipinski definition) is 1. The molecule has 3 aromatic rings. The Morgan fingerprint density at radius 1 is 1.23 bits per heavy atom. The summed E-state index contributed by atoms with van der Waals surface area (Å²) >= 11 is 5.17. The number of aromatic nitrogens is 2. The maximum Gasteiger partial charge on any atom is 0.137 e. The first-order valence-corrected chi connectivity index (χ1v) is 7.42. The number of hydrogen-bond acceptors (Lipinski definition) is 2. The number of rotatable bonds is 3. The van der Waals surface area contributed by atoms with E-state index in [4.69, 9.17) is 18.0 Å². The Hall–Kier alpha value is -2.27. The van der Waals surface area contributed by atoms with E-state index in [9.17, 15) is 4.39 Å². The van der Waals surface area contributed by atoms with Crippen molar-refractivity contribution in [3.05, 3.63) is 59.7 Å². The van der Waals surface area contributed by atoms with Gasteiger partial charge in [-0.25, -0.2) is 9.37 Å². The molecular weight excluding hydrogens is 297 g/mol. The van der Waals surface area contributed by atoms with E-state index in [0.29, 0.717) is 4.99 Å². The third-order valence-corrected chi connectivity index (χ3v) is 4.11. The van der Waals surface area contributed by atoms with Gasteiger partial charge in [0.2, 0.25) is 0 Å². The number of imidazole rings is 1. The van der Waals surface area contributed by atoms with Gasteiger partial charge in [0.1, 0.15) is 11.5 Å². The minimum Gasteiger partial charge on any atom is -0.393 e. The molecule has 0 spiro atoms. The summed E-state index contributed by atoms with van der Waals surface area (Å²) in [4.78, 5) is 5.09. The van der Waals surface area contributed by atoms with Gasteiger partial charge in [-0.15, -0.1) is 0 Å². The van der Waals surface area contributed by atoms with Gasteiger partial charge < -0.3 is 10.1 Å². The fourth-order valence-electron chi connectivity index (χ4n) is 2.54. The number of thiocarbonyl (C=S) groups is 1. The Bertz CT molecular complexity index is 852. The van der Waals surface area contributed by atoms with Crippen molar-refractivity contribution < 1.29 is 4.39 Å². The van der Waals surface area contributed by atoms with Crippen LogP contribution in [0.2, 0.25) is 0 Å². The quantitative estimate of drug-likeness (QED) is 0.747. The molecule has 1 atom stereocenters. The summed E-state index contributed by atoms with van der Waals surface area (Å²) in [5, 5.41) is 0. The molecule has 2 heterocycles. The van der Waals surface area contributed by atoms with Crippen LogP contribution >= 0.6 is 12.2 Å². The first kappa shape index (κ1) is 14.7. The van der Waals surface area contributed by atoms with Crippen LogP contribution in [0, 0.1) is 12.7 Å². The number of benzene rings is 1. The molecule has 0 saturated heterocycles. The van der Waals surface area contributed by atoms with E-state index in [1.54, 1.807) is 12.1 Å². The van der Waals surface area contributed by atoms with Crippen molar-refractivity contribution in [2.45, 2.75) is 19.8 Å². The van der Waals surface area contributed by atoms with E-state index < -0.39 is 0 Å². The van der Waals surface area contributed by atoms with Gasteiger partial charge in [0.05, 0.1) is 16.4 Å². The third-order valence-electron chi connectivity index (χ3n) is 3.76. The highest BCUT2D eigenvalue weighted by Gasteiger charge is 2.21. The Balaban J connectivity index is 2.31. The van der Waals surface area contributed by atoms with Crippen LogP contribution in [0.3, 0.4) is 0 Å². The maximum atomic E-state index is 13.2. The van der Waals surface area contributed by atoms with Crippen LogP contribution in [0.15, 0.2) is 42.6 Å². The number of aryl methyl sites for hydroxylation is 1. The smallest absolute Gasteiger partial charge is 0.137 e. The molecule has 22 heavy (non-hydrogen) atoms. The molecule has 0 radical (unpaired) electrons. The molecule has 3 rings (SSSR count). The molecule has 0 aliphatic rings. The normalized spacial score (nSPS) is 12.5. The van der Waals surface area contributed by atoms with Crippen molar-refractivity contribution in [2.24, 2.45) is 5.73 Å². The van der Waals surface area contributed by atoms with E-state index in [-0.39, 0.29) is 11.7 Å². The van der Waals surface area contributed by atoms with E-state index in [1.807, 2.05) is 36.6 Å². The van der Waals surface area contributed by atoms with Crippen LogP contribution in [0.1, 0.15) is 24.1 Å². The molecule has 5 heteroatoms. The van der Waals surface area contributed by atoms with Crippen LogP contribution in [-0.4, -0.2) is 14.4 Å². The number of nitrogens with zero attached hydrogens (tertiary/aromatic N) is 2. The van der Waals surface area contributed by atoms with E-state index in [0.717, 1.165) is 28.2 Å². The maximum absolute atomic E-state index is 13.2. The van der Waals surface area contributed by atoms with E-state index >= 15 is 0 Å². The van der Waals surface area contributed by atoms with Gasteiger partial charge in [-0.3, -0.25) is 0 Å². The highest BCUT2D eigenvalue weighted by molar-refractivity contribution is 7.80. The molecule has 0 amide bonds. The van der Waals surface area contributed by atoms with Crippen molar-refractivity contribution in [1.29, 1.82) is 0 Å². The number of fused-ring (bicyclic) bond motifs is 1. The predicted octanol–water partition coefficient (Wildman–Crippen LogP) is 3.84. The molecule has 0 aliphatic carbocycles. The Morgan fingerprint density at radius 2 is 1.91 bits per heavy atom. The second-order valence-electron chi connectivity index (χ2n) is 5.41. The topological polar surface area (TPSA) is 43.3 Å². The lowest BCUT2D eigenvalue weighted by atomic mass is 10.0. The largest absolute Gasteiger partial charge is 0.393 e. The summed E-state index contributed by atoms with van der Waals surface area (Å²) in [6.07, 6.45) is 2.01. The fraction of sp³-hybridized carbons (Fsp3) is 0.176. The SMILES string of the molecule is Cc1ccc2nc(-c3ccc(F)cc3)c(C(C)C(N)=S)n2c1. The molecular formula is C17H16FN3S. The van der Waals surface area contributed by atoms with Crippen molar-refractivity contribution in [3.8, 4) is 11.3 Å². The molecule has 112 valence electrons. The lowest BCUT2D eigenvalue weighted by molar-refractivity contribution is 0.628. The molecule has 2 aromatic heterocycles. The number of halogens is 1.